The number of carbonyl (C=O) groups is 2. The Morgan fingerprint density at radius 2 is 1.88 bits per heavy atom. The lowest BCUT2D eigenvalue weighted by Crippen LogP contribution is -2.30. The van der Waals surface area contributed by atoms with Crippen LogP contribution in [0.15, 0.2) is 52.6 Å². The Bertz CT molecular complexity index is 940. The van der Waals surface area contributed by atoms with Gasteiger partial charge in [-0.2, -0.15) is 0 Å². The molecule has 1 saturated heterocycles. The quantitative estimate of drug-likeness (QED) is 0.343. The van der Waals surface area contributed by atoms with E-state index in [0.29, 0.717) is 5.56 Å². The van der Waals surface area contributed by atoms with E-state index in [0.717, 1.165) is 27.1 Å². The highest BCUT2D eigenvalue weighted by atomic mass is 79.9. The van der Waals surface area contributed by atoms with Crippen LogP contribution in [-0.2, 0) is 11.3 Å². The molecule has 1 aliphatic heterocycles. The zero-order valence-corrected chi connectivity index (χ0v) is 14.8. The molecule has 3 amide bonds. The number of carbonyl (C=O) groups excluding carboxylic acids is 2. The van der Waals surface area contributed by atoms with Crippen molar-refractivity contribution in [2.75, 3.05) is 0 Å². The first-order valence-corrected chi connectivity index (χ1v) is 8.21. The van der Waals surface area contributed by atoms with Gasteiger partial charge in [0.15, 0.2) is 5.75 Å². The number of halogens is 1. The van der Waals surface area contributed by atoms with Crippen LogP contribution in [0.2, 0.25) is 0 Å². The average Bonchev–Trinajstić information content (AvgIpc) is 2.85. The minimum atomic E-state index is -0.730. The van der Waals surface area contributed by atoms with Crippen molar-refractivity contribution >= 4 is 39.6 Å². The smallest absolute Gasteiger partial charge is 0.329 e. The highest BCUT2D eigenvalue weighted by Crippen LogP contribution is 2.27. The monoisotopic (exact) mass is 417 g/mol. The van der Waals surface area contributed by atoms with E-state index in [1.165, 1.54) is 12.1 Å². The summed E-state index contributed by atoms with van der Waals surface area (Å²) in [5, 5.41) is 22.8. The van der Waals surface area contributed by atoms with Crippen molar-refractivity contribution in [3.05, 3.63) is 73.9 Å². The Morgan fingerprint density at radius 1 is 1.19 bits per heavy atom. The van der Waals surface area contributed by atoms with E-state index in [1.54, 1.807) is 24.3 Å². The minimum absolute atomic E-state index is 0.00657. The third kappa shape index (κ3) is 3.57. The van der Waals surface area contributed by atoms with Crippen molar-refractivity contribution in [3.63, 3.8) is 0 Å². The summed E-state index contributed by atoms with van der Waals surface area (Å²) in [6.45, 7) is 0.102. The Labute approximate surface area is 156 Å². The van der Waals surface area contributed by atoms with Gasteiger partial charge in [-0.25, -0.2) is 4.79 Å². The van der Waals surface area contributed by atoms with Crippen LogP contribution in [-0.4, -0.2) is 26.9 Å². The SMILES string of the molecule is O=C1N/C(=C/c2ccc(O)c([N+](=O)[O-])c2)C(=O)N1Cc1ccc(Br)cc1. The maximum Gasteiger partial charge on any atom is 0.329 e. The highest BCUT2D eigenvalue weighted by Gasteiger charge is 2.33. The van der Waals surface area contributed by atoms with Crippen LogP contribution in [0.1, 0.15) is 11.1 Å². The van der Waals surface area contributed by atoms with Crippen molar-refractivity contribution in [3.8, 4) is 5.75 Å². The van der Waals surface area contributed by atoms with E-state index in [1.807, 2.05) is 0 Å². The molecular weight excluding hydrogens is 406 g/mol. The first-order valence-electron chi connectivity index (χ1n) is 7.41. The Kier molecular flexibility index (Phi) is 4.72. The van der Waals surface area contributed by atoms with Gasteiger partial charge >= 0.3 is 11.7 Å². The van der Waals surface area contributed by atoms with Crippen LogP contribution < -0.4 is 5.32 Å². The van der Waals surface area contributed by atoms with Gasteiger partial charge in [-0.1, -0.05) is 34.1 Å². The van der Waals surface area contributed by atoms with Gasteiger partial charge in [-0.3, -0.25) is 19.8 Å². The Morgan fingerprint density at radius 3 is 2.54 bits per heavy atom. The summed E-state index contributed by atoms with van der Waals surface area (Å²) in [4.78, 5) is 35.7. The molecular formula is C17H12BrN3O5. The molecule has 8 nitrogen and oxygen atoms in total. The number of urea groups is 1. The summed E-state index contributed by atoms with van der Waals surface area (Å²) >= 11 is 3.31. The van der Waals surface area contributed by atoms with Crippen LogP contribution >= 0.6 is 15.9 Å². The molecule has 1 fully saturated rings. The van der Waals surface area contributed by atoms with Gasteiger partial charge in [0.1, 0.15) is 5.70 Å². The molecule has 1 aliphatic rings. The van der Waals surface area contributed by atoms with Gasteiger partial charge in [0.05, 0.1) is 11.5 Å². The van der Waals surface area contributed by atoms with Gasteiger partial charge in [0.25, 0.3) is 5.91 Å². The number of rotatable bonds is 4. The lowest BCUT2D eigenvalue weighted by Gasteiger charge is -2.11. The van der Waals surface area contributed by atoms with Crippen molar-refractivity contribution in [1.82, 2.24) is 10.2 Å². The molecule has 1 heterocycles. The van der Waals surface area contributed by atoms with Crippen LogP contribution in [0.5, 0.6) is 5.75 Å². The number of nitro groups is 1. The number of nitro benzene ring substituents is 1. The molecule has 3 rings (SSSR count). The molecule has 0 aliphatic carbocycles. The zero-order valence-electron chi connectivity index (χ0n) is 13.2. The molecule has 0 spiro atoms. The lowest BCUT2D eigenvalue weighted by atomic mass is 10.1. The first-order chi connectivity index (χ1) is 12.3. The van der Waals surface area contributed by atoms with E-state index in [9.17, 15) is 24.8 Å². The summed E-state index contributed by atoms with van der Waals surface area (Å²) in [7, 11) is 0. The molecule has 0 saturated carbocycles. The van der Waals surface area contributed by atoms with Crippen LogP contribution in [0.3, 0.4) is 0 Å². The first kappa shape index (κ1) is 17.6. The summed E-state index contributed by atoms with van der Waals surface area (Å²) in [5.41, 5.74) is 0.608. The third-order valence-electron chi connectivity index (χ3n) is 3.72. The standard InChI is InChI=1S/C17H12BrN3O5/c18-12-4-1-10(2-5-12)9-20-16(23)13(19-17(20)24)7-11-3-6-15(22)14(8-11)21(25)26/h1-8,22H,9H2,(H,19,24)/b13-7+. The number of hydrogen-bond donors (Lipinski definition) is 2. The maximum atomic E-state index is 12.5. The third-order valence-corrected chi connectivity index (χ3v) is 4.25. The second kappa shape index (κ2) is 6.96. The van der Waals surface area contributed by atoms with Gasteiger partial charge < -0.3 is 10.4 Å². The highest BCUT2D eigenvalue weighted by molar-refractivity contribution is 9.10. The normalized spacial score (nSPS) is 15.4. The minimum Gasteiger partial charge on any atom is -0.502 e. The van der Waals surface area contributed by atoms with Crippen molar-refractivity contribution in [2.45, 2.75) is 6.54 Å². The lowest BCUT2D eigenvalue weighted by molar-refractivity contribution is -0.385. The summed E-state index contributed by atoms with van der Waals surface area (Å²) in [6.07, 6.45) is 1.33. The van der Waals surface area contributed by atoms with E-state index in [2.05, 4.69) is 21.2 Å². The van der Waals surface area contributed by atoms with Crippen molar-refractivity contribution in [1.29, 1.82) is 0 Å². The second-order valence-electron chi connectivity index (χ2n) is 5.51. The fourth-order valence-electron chi connectivity index (χ4n) is 2.43. The zero-order chi connectivity index (χ0) is 18.8. The number of imide groups is 1. The number of amides is 3. The fraction of sp³-hybridized carbons (Fsp3) is 0.0588. The molecule has 132 valence electrons. The summed E-state index contributed by atoms with van der Waals surface area (Å²) < 4.78 is 0.882. The number of benzene rings is 2. The fourth-order valence-corrected chi connectivity index (χ4v) is 2.70. The molecule has 2 aromatic rings. The molecule has 2 aromatic carbocycles. The molecule has 9 heteroatoms. The van der Waals surface area contributed by atoms with Crippen LogP contribution in [0, 0.1) is 10.1 Å². The van der Waals surface area contributed by atoms with Crippen molar-refractivity contribution < 1.29 is 19.6 Å². The Balaban J connectivity index is 1.84. The number of phenolic OH excluding ortho intramolecular Hbond substituents is 1. The van der Waals surface area contributed by atoms with E-state index in [-0.39, 0.29) is 12.2 Å². The molecule has 0 bridgehead atoms. The largest absolute Gasteiger partial charge is 0.502 e. The predicted octanol–water partition coefficient (Wildman–Crippen LogP) is 3.16. The van der Waals surface area contributed by atoms with Crippen LogP contribution in [0.25, 0.3) is 6.08 Å². The number of nitrogens with zero attached hydrogens (tertiary/aromatic N) is 2. The molecule has 0 radical (unpaired) electrons. The van der Waals surface area contributed by atoms with Crippen molar-refractivity contribution in [2.24, 2.45) is 0 Å². The molecule has 0 atom stereocenters. The molecule has 0 unspecified atom stereocenters. The summed E-state index contributed by atoms with van der Waals surface area (Å²) in [5.74, 6) is -1.01. The van der Waals surface area contributed by atoms with Gasteiger partial charge in [0, 0.05) is 10.5 Å². The average molecular weight is 418 g/mol. The number of nitrogens with one attached hydrogen (secondary N) is 1. The number of aromatic hydroxyl groups is 1. The summed E-state index contributed by atoms with van der Waals surface area (Å²) in [6, 6.07) is 10.3. The predicted molar refractivity (Wildman–Crippen MR) is 96.0 cm³/mol. The number of hydrogen-bond acceptors (Lipinski definition) is 5. The molecule has 26 heavy (non-hydrogen) atoms. The number of phenols is 1. The molecule has 0 aromatic heterocycles. The maximum absolute atomic E-state index is 12.5. The van der Waals surface area contributed by atoms with Gasteiger partial charge in [-0.15, -0.1) is 0 Å². The topological polar surface area (TPSA) is 113 Å². The van der Waals surface area contributed by atoms with E-state index in [4.69, 9.17) is 0 Å². The molecule has 2 N–H and O–H groups in total. The van der Waals surface area contributed by atoms with Gasteiger partial charge in [0.2, 0.25) is 0 Å². The van der Waals surface area contributed by atoms with E-state index >= 15 is 0 Å². The van der Waals surface area contributed by atoms with Gasteiger partial charge in [-0.05, 0) is 35.4 Å². The second-order valence-corrected chi connectivity index (χ2v) is 6.43. The van der Waals surface area contributed by atoms with E-state index < -0.39 is 28.3 Å². The van der Waals surface area contributed by atoms with Crippen LogP contribution in [0.4, 0.5) is 10.5 Å². The Hall–Kier alpha value is -3.20.